The van der Waals surface area contributed by atoms with Crippen LogP contribution in [0.15, 0.2) is 41.3 Å². The van der Waals surface area contributed by atoms with Gasteiger partial charge < -0.3 is 4.74 Å². The number of ether oxygens (including phenoxy) is 1. The lowest BCUT2D eigenvalue weighted by Gasteiger charge is -2.11. The van der Waals surface area contributed by atoms with E-state index in [1.54, 1.807) is 0 Å². The summed E-state index contributed by atoms with van der Waals surface area (Å²) in [5, 5.41) is 0. The van der Waals surface area contributed by atoms with E-state index in [2.05, 4.69) is 45.2 Å². The summed E-state index contributed by atoms with van der Waals surface area (Å²) in [5.74, 6) is 1.25. The molecule has 4 nitrogen and oxygen atoms in total. The van der Waals surface area contributed by atoms with Crippen LogP contribution in [0.2, 0.25) is 0 Å². The zero-order valence-electron chi connectivity index (χ0n) is 10.3. The number of hydrogen-bond acceptors (Lipinski definition) is 3. The number of halogens is 2. The van der Waals surface area contributed by atoms with E-state index in [0.29, 0.717) is 5.75 Å². The second-order valence-electron chi connectivity index (χ2n) is 4.08. The van der Waals surface area contributed by atoms with E-state index in [-0.39, 0.29) is 4.90 Å². The van der Waals surface area contributed by atoms with Gasteiger partial charge in [-0.2, -0.15) is 8.42 Å². The Morgan fingerprint density at radius 2 is 1.70 bits per heavy atom. The second kappa shape index (κ2) is 6.16. The molecule has 20 heavy (non-hydrogen) atoms. The monoisotopic (exact) mass is 516 g/mol. The van der Waals surface area contributed by atoms with Crippen molar-refractivity contribution in [2.45, 2.75) is 11.8 Å². The van der Waals surface area contributed by atoms with Gasteiger partial charge in [0.1, 0.15) is 11.5 Å². The van der Waals surface area contributed by atoms with Crippen LogP contribution in [0.1, 0.15) is 5.56 Å². The van der Waals surface area contributed by atoms with E-state index in [1.807, 2.05) is 19.1 Å². The maximum Gasteiger partial charge on any atom is 0.294 e. The minimum Gasteiger partial charge on any atom is -0.456 e. The van der Waals surface area contributed by atoms with Crippen LogP contribution in [0.3, 0.4) is 0 Å². The zero-order valence-corrected chi connectivity index (χ0v) is 15.4. The first-order chi connectivity index (χ1) is 9.27. The van der Waals surface area contributed by atoms with E-state index >= 15 is 0 Å². The molecule has 2 aromatic carbocycles. The molecule has 0 aromatic heterocycles. The highest BCUT2D eigenvalue weighted by molar-refractivity contribution is 14.1. The van der Waals surface area contributed by atoms with Crippen molar-refractivity contribution in [3.63, 3.8) is 0 Å². The van der Waals surface area contributed by atoms with Crippen LogP contribution in [0.25, 0.3) is 0 Å². The van der Waals surface area contributed by atoms with Gasteiger partial charge in [0.25, 0.3) is 10.1 Å². The molecule has 0 aliphatic heterocycles. The summed E-state index contributed by atoms with van der Waals surface area (Å²) < 4.78 is 38.7. The van der Waals surface area contributed by atoms with Crippen LogP contribution < -0.4 is 4.74 Å². The van der Waals surface area contributed by atoms with Crippen LogP contribution in [0.5, 0.6) is 11.5 Å². The Bertz CT molecular complexity index is 716. The Labute approximate surface area is 144 Å². The molecule has 0 saturated heterocycles. The molecule has 2 aromatic rings. The van der Waals surface area contributed by atoms with Gasteiger partial charge in [-0.1, -0.05) is 0 Å². The molecule has 0 fully saturated rings. The minimum atomic E-state index is -4.17. The Morgan fingerprint density at radius 3 is 2.20 bits per heavy atom. The minimum absolute atomic E-state index is 0.154. The standard InChI is InChI=1S/C13H10I2O4S/c1-8-6-9(14)7-12(15)13(8)19-10-2-4-11(5-3-10)20(16,17)18/h2-7H,1H3,(H,16,17,18). The fraction of sp³-hybridized carbons (Fsp3) is 0.0769. The van der Waals surface area contributed by atoms with Crippen molar-refractivity contribution in [3.8, 4) is 11.5 Å². The number of aryl methyl sites for hydroxylation is 1. The van der Waals surface area contributed by atoms with Gasteiger partial charge in [-0.15, -0.1) is 0 Å². The van der Waals surface area contributed by atoms with Crippen molar-refractivity contribution in [1.29, 1.82) is 0 Å². The highest BCUT2D eigenvalue weighted by Gasteiger charge is 2.11. The molecule has 106 valence electrons. The van der Waals surface area contributed by atoms with Crippen LogP contribution >= 0.6 is 45.2 Å². The number of hydrogen-bond donors (Lipinski definition) is 1. The third kappa shape index (κ3) is 3.83. The van der Waals surface area contributed by atoms with Gasteiger partial charge in [-0.3, -0.25) is 4.55 Å². The molecule has 7 heteroatoms. The molecule has 0 bridgehead atoms. The molecule has 0 atom stereocenters. The number of benzene rings is 2. The largest absolute Gasteiger partial charge is 0.456 e. The fourth-order valence-electron chi connectivity index (χ4n) is 1.62. The van der Waals surface area contributed by atoms with Crippen LogP contribution in [0, 0.1) is 14.1 Å². The maximum atomic E-state index is 11.0. The molecule has 0 aliphatic carbocycles. The number of rotatable bonds is 3. The third-order valence-corrected chi connectivity index (χ3v) is 4.83. The Kier molecular flexibility index (Phi) is 4.92. The van der Waals surface area contributed by atoms with Gasteiger partial charge in [0, 0.05) is 3.57 Å². The summed E-state index contributed by atoms with van der Waals surface area (Å²) in [6.45, 7) is 1.95. The molecular weight excluding hydrogens is 506 g/mol. The zero-order chi connectivity index (χ0) is 14.9. The van der Waals surface area contributed by atoms with Gasteiger partial charge in [0.2, 0.25) is 0 Å². The highest BCUT2D eigenvalue weighted by atomic mass is 127. The van der Waals surface area contributed by atoms with E-state index in [1.165, 1.54) is 24.3 Å². The van der Waals surface area contributed by atoms with Gasteiger partial charge in [0.05, 0.1) is 8.47 Å². The quantitative estimate of drug-likeness (QED) is 0.490. The van der Waals surface area contributed by atoms with E-state index < -0.39 is 10.1 Å². The lowest BCUT2D eigenvalue weighted by atomic mass is 10.2. The van der Waals surface area contributed by atoms with Crippen LogP contribution in [-0.4, -0.2) is 13.0 Å². The fourth-order valence-corrected chi connectivity index (χ4v) is 4.34. The topological polar surface area (TPSA) is 63.6 Å². The molecule has 0 radical (unpaired) electrons. The first-order valence-electron chi connectivity index (χ1n) is 5.48. The summed E-state index contributed by atoms with van der Waals surface area (Å²) in [4.78, 5) is -0.154. The van der Waals surface area contributed by atoms with Crippen LogP contribution in [-0.2, 0) is 10.1 Å². The third-order valence-electron chi connectivity index (χ3n) is 2.54. The van der Waals surface area contributed by atoms with Gasteiger partial charge in [-0.25, -0.2) is 0 Å². The Hall–Kier alpha value is -0.390. The normalized spacial score (nSPS) is 11.4. The average Bonchev–Trinajstić information content (AvgIpc) is 2.33. The van der Waals surface area contributed by atoms with Crippen molar-refractivity contribution < 1.29 is 17.7 Å². The van der Waals surface area contributed by atoms with Crippen molar-refractivity contribution in [3.05, 3.63) is 49.1 Å². The first-order valence-corrected chi connectivity index (χ1v) is 9.08. The van der Waals surface area contributed by atoms with Crippen molar-refractivity contribution in [1.82, 2.24) is 0 Å². The molecule has 0 heterocycles. The summed E-state index contributed by atoms with van der Waals surface area (Å²) in [6.07, 6.45) is 0. The molecule has 0 aliphatic rings. The summed E-state index contributed by atoms with van der Waals surface area (Å²) >= 11 is 4.43. The summed E-state index contributed by atoms with van der Waals surface area (Å²) in [6, 6.07) is 9.63. The second-order valence-corrected chi connectivity index (χ2v) is 7.91. The predicted molar refractivity (Wildman–Crippen MR) is 92.9 cm³/mol. The SMILES string of the molecule is Cc1cc(I)cc(I)c1Oc1ccc(S(=O)(=O)O)cc1. The van der Waals surface area contributed by atoms with Crippen molar-refractivity contribution >= 4 is 55.3 Å². The van der Waals surface area contributed by atoms with Gasteiger partial charge >= 0.3 is 0 Å². The Morgan fingerprint density at radius 1 is 1.10 bits per heavy atom. The molecule has 2 rings (SSSR count). The Balaban J connectivity index is 2.32. The molecule has 0 spiro atoms. The highest BCUT2D eigenvalue weighted by Crippen LogP contribution is 2.32. The van der Waals surface area contributed by atoms with E-state index in [9.17, 15) is 8.42 Å². The van der Waals surface area contributed by atoms with Crippen LogP contribution in [0.4, 0.5) is 0 Å². The first kappa shape index (κ1) is 16.0. The smallest absolute Gasteiger partial charge is 0.294 e. The molecule has 1 N–H and O–H groups in total. The van der Waals surface area contributed by atoms with Crippen molar-refractivity contribution in [2.75, 3.05) is 0 Å². The van der Waals surface area contributed by atoms with E-state index in [0.717, 1.165) is 18.5 Å². The molecule has 0 saturated carbocycles. The lowest BCUT2D eigenvalue weighted by Crippen LogP contribution is -1.98. The molecule has 0 amide bonds. The maximum absolute atomic E-state index is 11.0. The van der Waals surface area contributed by atoms with Gasteiger partial charge in [-0.05, 0) is 94.1 Å². The molecular formula is C13H10I2O4S. The average molecular weight is 516 g/mol. The predicted octanol–water partition coefficient (Wildman–Crippen LogP) is 4.24. The summed E-state index contributed by atoms with van der Waals surface area (Å²) in [5.41, 5.74) is 1.00. The van der Waals surface area contributed by atoms with Crippen molar-refractivity contribution in [2.24, 2.45) is 0 Å². The van der Waals surface area contributed by atoms with E-state index in [4.69, 9.17) is 9.29 Å². The summed E-state index contributed by atoms with van der Waals surface area (Å²) in [7, 11) is -4.17. The van der Waals surface area contributed by atoms with Gasteiger partial charge in [0.15, 0.2) is 0 Å². The molecule has 0 unspecified atom stereocenters. The lowest BCUT2D eigenvalue weighted by molar-refractivity contribution is 0.473.